The number of hydrogen-bond donors (Lipinski definition) is 1. The van der Waals surface area contributed by atoms with Crippen molar-refractivity contribution < 1.29 is 4.79 Å². The smallest absolute Gasteiger partial charge is 0.251 e. The molecule has 0 aliphatic carbocycles. The Labute approximate surface area is 154 Å². The zero-order chi connectivity index (χ0) is 18.6. The van der Waals surface area contributed by atoms with Crippen molar-refractivity contribution in [3.63, 3.8) is 0 Å². The first-order valence-corrected chi connectivity index (χ1v) is 8.90. The van der Waals surface area contributed by atoms with Gasteiger partial charge in [0.05, 0.1) is 12.7 Å². The Morgan fingerprint density at radius 1 is 1.00 bits per heavy atom. The molecule has 0 radical (unpaired) electrons. The molecule has 26 heavy (non-hydrogen) atoms. The zero-order valence-corrected chi connectivity index (χ0v) is 15.6. The average molecular weight is 347 g/mol. The number of hydrogen-bond acceptors (Lipinski definition) is 2. The molecule has 4 nitrogen and oxygen atoms in total. The van der Waals surface area contributed by atoms with Crippen LogP contribution < -0.4 is 5.32 Å². The predicted octanol–water partition coefficient (Wildman–Crippen LogP) is 4.28. The molecule has 2 aromatic carbocycles. The van der Waals surface area contributed by atoms with Crippen molar-refractivity contribution in [3.8, 4) is 11.1 Å². The van der Waals surface area contributed by atoms with Gasteiger partial charge >= 0.3 is 0 Å². The quantitative estimate of drug-likeness (QED) is 0.749. The maximum Gasteiger partial charge on any atom is 0.251 e. The molecular weight excluding hydrogens is 322 g/mol. The number of benzene rings is 2. The van der Waals surface area contributed by atoms with E-state index < -0.39 is 0 Å². The Hall–Kier alpha value is -2.88. The van der Waals surface area contributed by atoms with Gasteiger partial charge in [-0.25, -0.2) is 0 Å². The van der Waals surface area contributed by atoms with E-state index in [-0.39, 0.29) is 11.3 Å². The van der Waals surface area contributed by atoms with Crippen molar-refractivity contribution in [1.29, 1.82) is 0 Å². The summed E-state index contributed by atoms with van der Waals surface area (Å²) < 4.78 is 1.85. The lowest BCUT2D eigenvalue weighted by Crippen LogP contribution is -2.27. The highest BCUT2D eigenvalue weighted by Gasteiger charge is 2.14. The monoisotopic (exact) mass is 347 g/mol. The van der Waals surface area contributed by atoms with Gasteiger partial charge in [0.25, 0.3) is 5.91 Å². The molecule has 0 unspecified atom stereocenters. The molecule has 134 valence electrons. The van der Waals surface area contributed by atoms with Crippen molar-refractivity contribution in [2.24, 2.45) is 0 Å². The average Bonchev–Trinajstić information content (AvgIpc) is 3.11. The molecule has 0 spiro atoms. The van der Waals surface area contributed by atoms with Crippen molar-refractivity contribution >= 4 is 5.91 Å². The third-order valence-electron chi connectivity index (χ3n) is 4.38. The highest BCUT2D eigenvalue weighted by Crippen LogP contribution is 2.22. The summed E-state index contributed by atoms with van der Waals surface area (Å²) in [6, 6.07) is 18.0. The molecule has 1 aromatic heterocycles. The maximum atomic E-state index is 12.3. The first-order chi connectivity index (χ1) is 12.4. The Bertz CT molecular complexity index is 858. The van der Waals surface area contributed by atoms with Crippen LogP contribution in [-0.4, -0.2) is 22.2 Å². The second-order valence-electron chi connectivity index (χ2n) is 7.44. The fourth-order valence-corrected chi connectivity index (χ4v) is 2.77. The fourth-order valence-electron chi connectivity index (χ4n) is 2.77. The Kier molecular flexibility index (Phi) is 5.21. The summed E-state index contributed by atoms with van der Waals surface area (Å²) in [5.74, 6) is -0.0547. The minimum Gasteiger partial charge on any atom is -0.350 e. The van der Waals surface area contributed by atoms with E-state index in [0.29, 0.717) is 18.7 Å². The molecule has 0 bridgehead atoms. The van der Waals surface area contributed by atoms with Crippen LogP contribution in [0.15, 0.2) is 67.0 Å². The third-order valence-corrected chi connectivity index (χ3v) is 4.38. The summed E-state index contributed by atoms with van der Waals surface area (Å²) in [5, 5.41) is 7.32. The van der Waals surface area contributed by atoms with Crippen molar-refractivity contribution in [2.75, 3.05) is 6.54 Å². The maximum absolute atomic E-state index is 12.3. The molecule has 1 heterocycles. The molecule has 3 aromatic rings. The Balaban J connectivity index is 1.53. The lowest BCUT2D eigenvalue weighted by molar-refractivity contribution is 0.0952. The number of aromatic nitrogens is 2. The van der Waals surface area contributed by atoms with Gasteiger partial charge in [-0.05, 0) is 28.7 Å². The minimum absolute atomic E-state index is 0.0547. The van der Waals surface area contributed by atoms with Crippen LogP contribution in [0.25, 0.3) is 11.1 Å². The van der Waals surface area contributed by atoms with E-state index in [2.05, 4.69) is 43.3 Å². The van der Waals surface area contributed by atoms with Gasteiger partial charge in [-0.2, -0.15) is 5.10 Å². The summed E-state index contributed by atoms with van der Waals surface area (Å²) in [6.45, 7) is 7.66. The van der Waals surface area contributed by atoms with Gasteiger partial charge in [-0.1, -0.05) is 63.2 Å². The van der Waals surface area contributed by atoms with E-state index in [1.165, 1.54) is 5.56 Å². The Morgan fingerprint density at radius 2 is 1.69 bits per heavy atom. The van der Waals surface area contributed by atoms with Crippen LogP contribution in [0, 0.1) is 0 Å². The molecule has 0 fully saturated rings. The molecule has 0 saturated carbocycles. The number of rotatable bonds is 5. The molecule has 1 amide bonds. The lowest BCUT2D eigenvalue weighted by Gasteiger charge is -2.19. The molecular formula is C22H25N3O. The molecule has 4 heteroatoms. The highest BCUT2D eigenvalue weighted by atomic mass is 16.1. The van der Waals surface area contributed by atoms with Crippen LogP contribution >= 0.6 is 0 Å². The van der Waals surface area contributed by atoms with Crippen LogP contribution in [0.3, 0.4) is 0 Å². The van der Waals surface area contributed by atoms with Crippen molar-refractivity contribution in [2.45, 2.75) is 32.7 Å². The van der Waals surface area contributed by atoms with Crippen LogP contribution in [0.4, 0.5) is 0 Å². The summed E-state index contributed by atoms with van der Waals surface area (Å²) in [5.41, 5.74) is 4.21. The van der Waals surface area contributed by atoms with Gasteiger partial charge in [0, 0.05) is 23.9 Å². The van der Waals surface area contributed by atoms with E-state index in [1.807, 2.05) is 59.5 Å². The van der Waals surface area contributed by atoms with E-state index in [9.17, 15) is 4.79 Å². The second kappa shape index (κ2) is 7.56. The van der Waals surface area contributed by atoms with Crippen LogP contribution in [-0.2, 0) is 12.0 Å². The van der Waals surface area contributed by atoms with E-state index in [0.717, 1.165) is 11.1 Å². The predicted molar refractivity (Wildman–Crippen MR) is 105 cm³/mol. The van der Waals surface area contributed by atoms with Gasteiger partial charge in [0.15, 0.2) is 0 Å². The fraction of sp³-hybridized carbons (Fsp3) is 0.273. The number of nitrogens with one attached hydrogen (secondary N) is 1. The number of carbonyl (C=O) groups is 1. The zero-order valence-electron chi connectivity index (χ0n) is 15.6. The molecule has 3 rings (SSSR count). The molecule has 0 aliphatic heterocycles. The van der Waals surface area contributed by atoms with Gasteiger partial charge in [-0.15, -0.1) is 0 Å². The lowest BCUT2D eigenvalue weighted by atomic mass is 9.87. The van der Waals surface area contributed by atoms with Crippen LogP contribution in [0.5, 0.6) is 0 Å². The first-order valence-electron chi connectivity index (χ1n) is 8.90. The van der Waals surface area contributed by atoms with Gasteiger partial charge in [0.2, 0.25) is 0 Å². The number of nitrogens with zero attached hydrogens (tertiary/aromatic N) is 2. The van der Waals surface area contributed by atoms with E-state index in [4.69, 9.17) is 0 Å². The van der Waals surface area contributed by atoms with Gasteiger partial charge in [0.1, 0.15) is 0 Å². The highest BCUT2D eigenvalue weighted by molar-refractivity contribution is 5.94. The third kappa shape index (κ3) is 4.39. The molecule has 0 saturated heterocycles. The van der Waals surface area contributed by atoms with Gasteiger partial charge in [-0.3, -0.25) is 9.48 Å². The van der Waals surface area contributed by atoms with Crippen LogP contribution in [0.2, 0.25) is 0 Å². The Morgan fingerprint density at radius 3 is 2.35 bits per heavy atom. The summed E-state index contributed by atoms with van der Waals surface area (Å²) in [7, 11) is 0. The molecule has 0 aliphatic rings. The minimum atomic E-state index is -0.0547. The SMILES string of the molecule is CC(C)(C)c1ccc(C(=O)NCCn2cc(-c3ccccc3)cn2)cc1. The summed E-state index contributed by atoms with van der Waals surface area (Å²) in [4.78, 5) is 12.3. The number of amides is 1. The van der Waals surface area contributed by atoms with Crippen molar-refractivity contribution in [1.82, 2.24) is 15.1 Å². The molecule has 0 atom stereocenters. The normalized spacial score (nSPS) is 11.3. The summed E-state index contributed by atoms with van der Waals surface area (Å²) in [6.07, 6.45) is 3.85. The van der Waals surface area contributed by atoms with E-state index >= 15 is 0 Å². The molecule has 1 N–H and O–H groups in total. The van der Waals surface area contributed by atoms with Crippen molar-refractivity contribution in [3.05, 3.63) is 78.1 Å². The first kappa shape index (κ1) is 17.9. The van der Waals surface area contributed by atoms with Crippen LogP contribution in [0.1, 0.15) is 36.7 Å². The topological polar surface area (TPSA) is 46.9 Å². The van der Waals surface area contributed by atoms with Gasteiger partial charge < -0.3 is 5.32 Å². The summed E-state index contributed by atoms with van der Waals surface area (Å²) >= 11 is 0. The van der Waals surface area contributed by atoms with E-state index in [1.54, 1.807) is 0 Å². The largest absolute Gasteiger partial charge is 0.350 e. The second-order valence-corrected chi connectivity index (χ2v) is 7.44. The number of carbonyl (C=O) groups excluding carboxylic acids is 1. The standard InChI is InChI=1S/C22H25N3O/c1-22(2,3)20-11-9-18(10-12-20)21(26)23-13-14-25-16-19(15-24-25)17-7-5-4-6-8-17/h4-12,15-16H,13-14H2,1-3H3,(H,23,26).